The Morgan fingerprint density at radius 3 is 2.56 bits per heavy atom. The van der Waals surface area contributed by atoms with Gasteiger partial charge < -0.3 is 14.6 Å². The lowest BCUT2D eigenvalue weighted by Gasteiger charge is -2.42. The van der Waals surface area contributed by atoms with Crippen LogP contribution in [-0.2, 0) is 14.9 Å². The Morgan fingerprint density at radius 2 is 1.96 bits per heavy atom. The van der Waals surface area contributed by atoms with Crippen molar-refractivity contribution < 1.29 is 18.8 Å². The summed E-state index contributed by atoms with van der Waals surface area (Å²) in [6.07, 6.45) is 3.26. The number of carbonyl (C=O) groups is 2. The highest BCUT2D eigenvalue weighted by Gasteiger charge is 2.38. The molecule has 1 heterocycles. The maximum absolute atomic E-state index is 12.3. The Morgan fingerprint density at radius 1 is 1.26 bits per heavy atom. The van der Waals surface area contributed by atoms with Gasteiger partial charge in [0.15, 0.2) is 12.4 Å². The van der Waals surface area contributed by atoms with E-state index in [0.717, 1.165) is 19.3 Å². The molecular formula is C21H26N2O4. The molecule has 0 saturated heterocycles. The molecule has 1 saturated carbocycles. The van der Waals surface area contributed by atoms with Crippen LogP contribution < -0.4 is 5.32 Å². The minimum atomic E-state index is -0.575. The van der Waals surface area contributed by atoms with Crippen LogP contribution in [0.15, 0.2) is 34.9 Å². The van der Waals surface area contributed by atoms with Crippen molar-refractivity contribution in [3.05, 3.63) is 52.9 Å². The SMILES string of the molecule is Cc1noc(C(C)C)c1C(=O)OCC(=O)NCC1(c2ccccc2)CCC1. The van der Waals surface area contributed by atoms with Gasteiger partial charge in [0.05, 0.1) is 5.69 Å². The van der Waals surface area contributed by atoms with Crippen LogP contribution in [-0.4, -0.2) is 30.2 Å². The molecule has 1 N–H and O–H groups in total. The van der Waals surface area contributed by atoms with Crippen molar-refractivity contribution in [3.8, 4) is 0 Å². The predicted octanol–water partition coefficient (Wildman–Crippen LogP) is 3.50. The van der Waals surface area contributed by atoms with E-state index in [9.17, 15) is 9.59 Å². The Labute approximate surface area is 159 Å². The van der Waals surface area contributed by atoms with Gasteiger partial charge in [-0.2, -0.15) is 0 Å². The minimum absolute atomic E-state index is 0.00317. The fourth-order valence-corrected chi connectivity index (χ4v) is 3.51. The molecule has 1 fully saturated rings. The molecule has 0 spiro atoms. The third-order valence-corrected chi connectivity index (χ3v) is 5.27. The van der Waals surface area contributed by atoms with E-state index in [1.165, 1.54) is 5.56 Å². The largest absolute Gasteiger partial charge is 0.452 e. The van der Waals surface area contributed by atoms with Crippen LogP contribution >= 0.6 is 0 Å². The number of aromatic nitrogens is 1. The number of ether oxygens (including phenoxy) is 1. The van der Waals surface area contributed by atoms with Gasteiger partial charge in [-0.25, -0.2) is 4.79 Å². The zero-order chi connectivity index (χ0) is 19.4. The molecule has 2 aromatic rings. The van der Waals surface area contributed by atoms with E-state index in [-0.39, 0.29) is 23.8 Å². The van der Waals surface area contributed by atoms with Gasteiger partial charge in [-0.3, -0.25) is 4.79 Å². The number of nitrogens with one attached hydrogen (secondary N) is 1. The van der Waals surface area contributed by atoms with Gasteiger partial charge in [0.1, 0.15) is 5.56 Å². The van der Waals surface area contributed by atoms with E-state index in [0.29, 0.717) is 23.6 Å². The fourth-order valence-electron chi connectivity index (χ4n) is 3.51. The number of hydrogen-bond donors (Lipinski definition) is 1. The molecule has 27 heavy (non-hydrogen) atoms. The Bertz CT molecular complexity index is 807. The van der Waals surface area contributed by atoms with Crippen molar-refractivity contribution in [1.29, 1.82) is 0 Å². The van der Waals surface area contributed by atoms with Gasteiger partial charge in [-0.1, -0.05) is 55.8 Å². The molecule has 0 radical (unpaired) electrons. The van der Waals surface area contributed by atoms with Gasteiger partial charge in [0, 0.05) is 17.9 Å². The summed E-state index contributed by atoms with van der Waals surface area (Å²) in [5, 5.41) is 6.75. The van der Waals surface area contributed by atoms with E-state index in [2.05, 4.69) is 22.6 Å². The summed E-state index contributed by atoms with van der Waals surface area (Å²) in [6.45, 7) is 5.74. The van der Waals surface area contributed by atoms with Crippen LogP contribution in [0.25, 0.3) is 0 Å². The van der Waals surface area contributed by atoms with E-state index < -0.39 is 5.97 Å². The maximum Gasteiger partial charge on any atom is 0.344 e. The number of benzene rings is 1. The first-order chi connectivity index (χ1) is 12.9. The summed E-state index contributed by atoms with van der Waals surface area (Å²) in [5.74, 6) is -0.387. The highest BCUT2D eigenvalue weighted by Crippen LogP contribution is 2.43. The standard InChI is InChI=1S/C21H26N2O4/c1-14(2)19-18(15(3)23-27-19)20(25)26-12-17(24)22-13-21(10-7-11-21)16-8-5-4-6-9-16/h4-6,8-9,14H,7,10-13H2,1-3H3,(H,22,24). The first-order valence-electron chi connectivity index (χ1n) is 9.38. The van der Waals surface area contributed by atoms with E-state index in [1.54, 1.807) is 6.92 Å². The number of carbonyl (C=O) groups excluding carboxylic acids is 2. The van der Waals surface area contributed by atoms with Gasteiger partial charge in [-0.15, -0.1) is 0 Å². The second-order valence-corrected chi connectivity index (χ2v) is 7.51. The second kappa shape index (κ2) is 7.94. The van der Waals surface area contributed by atoms with Crippen LogP contribution in [0.5, 0.6) is 0 Å². The summed E-state index contributed by atoms with van der Waals surface area (Å²) in [4.78, 5) is 24.6. The summed E-state index contributed by atoms with van der Waals surface area (Å²) in [7, 11) is 0. The fraction of sp³-hybridized carbons (Fsp3) is 0.476. The van der Waals surface area contributed by atoms with Gasteiger partial charge in [0.2, 0.25) is 0 Å². The summed E-state index contributed by atoms with van der Waals surface area (Å²) in [5.41, 5.74) is 2.03. The van der Waals surface area contributed by atoms with Gasteiger partial charge in [-0.05, 0) is 25.3 Å². The average Bonchev–Trinajstić information content (AvgIpc) is 3.01. The van der Waals surface area contributed by atoms with Crippen molar-refractivity contribution in [1.82, 2.24) is 10.5 Å². The number of aryl methyl sites for hydroxylation is 1. The molecule has 6 nitrogen and oxygen atoms in total. The molecule has 6 heteroatoms. The lowest BCUT2D eigenvalue weighted by molar-refractivity contribution is -0.124. The van der Waals surface area contributed by atoms with Crippen molar-refractivity contribution >= 4 is 11.9 Å². The van der Waals surface area contributed by atoms with E-state index >= 15 is 0 Å². The lowest BCUT2D eigenvalue weighted by Crippen LogP contribution is -2.46. The number of rotatable bonds is 7. The van der Waals surface area contributed by atoms with Crippen LogP contribution in [0.1, 0.15) is 66.4 Å². The maximum atomic E-state index is 12.3. The summed E-state index contributed by atoms with van der Waals surface area (Å²) < 4.78 is 10.4. The normalized spacial score (nSPS) is 15.3. The molecule has 1 aromatic carbocycles. The number of esters is 1. The molecule has 0 bridgehead atoms. The highest BCUT2D eigenvalue weighted by molar-refractivity contribution is 5.93. The molecule has 3 rings (SSSR count). The highest BCUT2D eigenvalue weighted by atomic mass is 16.5. The molecular weight excluding hydrogens is 344 g/mol. The predicted molar refractivity (Wildman–Crippen MR) is 101 cm³/mol. The third-order valence-electron chi connectivity index (χ3n) is 5.27. The topological polar surface area (TPSA) is 81.4 Å². The van der Waals surface area contributed by atoms with Crippen molar-refractivity contribution in [2.24, 2.45) is 0 Å². The third kappa shape index (κ3) is 4.04. The van der Waals surface area contributed by atoms with Crippen molar-refractivity contribution in [2.75, 3.05) is 13.2 Å². The molecule has 1 aliphatic carbocycles. The number of amides is 1. The minimum Gasteiger partial charge on any atom is -0.452 e. The smallest absolute Gasteiger partial charge is 0.344 e. The first kappa shape index (κ1) is 19.1. The molecule has 0 aliphatic heterocycles. The van der Waals surface area contributed by atoms with E-state index in [1.807, 2.05) is 32.0 Å². The Hall–Kier alpha value is -2.63. The van der Waals surface area contributed by atoms with Gasteiger partial charge in [0.25, 0.3) is 5.91 Å². The monoisotopic (exact) mass is 370 g/mol. The first-order valence-corrected chi connectivity index (χ1v) is 9.38. The molecule has 0 unspecified atom stereocenters. The van der Waals surface area contributed by atoms with Crippen LogP contribution in [0.2, 0.25) is 0 Å². The molecule has 1 aliphatic rings. The quantitative estimate of drug-likeness (QED) is 0.755. The zero-order valence-corrected chi connectivity index (χ0v) is 16.1. The van der Waals surface area contributed by atoms with Crippen LogP contribution in [0.4, 0.5) is 0 Å². The Balaban J connectivity index is 1.55. The average molecular weight is 370 g/mol. The van der Waals surface area contributed by atoms with E-state index in [4.69, 9.17) is 9.26 Å². The molecule has 1 amide bonds. The molecule has 0 atom stereocenters. The van der Waals surface area contributed by atoms with Gasteiger partial charge >= 0.3 is 5.97 Å². The summed E-state index contributed by atoms with van der Waals surface area (Å²) >= 11 is 0. The van der Waals surface area contributed by atoms with Crippen LogP contribution in [0, 0.1) is 6.92 Å². The molecule has 144 valence electrons. The van der Waals surface area contributed by atoms with Crippen molar-refractivity contribution in [3.63, 3.8) is 0 Å². The number of nitrogens with zero attached hydrogens (tertiary/aromatic N) is 1. The lowest BCUT2D eigenvalue weighted by atomic mass is 9.64. The Kier molecular flexibility index (Phi) is 5.63. The van der Waals surface area contributed by atoms with Crippen molar-refractivity contribution in [2.45, 2.75) is 51.4 Å². The zero-order valence-electron chi connectivity index (χ0n) is 16.1. The number of hydrogen-bond acceptors (Lipinski definition) is 5. The van der Waals surface area contributed by atoms with Crippen LogP contribution in [0.3, 0.4) is 0 Å². The summed E-state index contributed by atoms with van der Waals surface area (Å²) in [6, 6.07) is 10.2. The molecule has 1 aromatic heterocycles. The second-order valence-electron chi connectivity index (χ2n) is 7.51.